The maximum atomic E-state index is 6.63. The highest BCUT2D eigenvalue weighted by Crippen LogP contribution is 2.51. The number of benzene rings is 3. The van der Waals surface area contributed by atoms with Crippen molar-refractivity contribution in [2.45, 2.75) is 58.8 Å². The lowest BCUT2D eigenvalue weighted by Crippen LogP contribution is -2.33. The predicted molar refractivity (Wildman–Crippen MR) is 191 cm³/mol. The van der Waals surface area contributed by atoms with Crippen LogP contribution in [0.3, 0.4) is 0 Å². The van der Waals surface area contributed by atoms with Crippen LogP contribution in [0, 0.1) is 5.92 Å². The summed E-state index contributed by atoms with van der Waals surface area (Å²) in [6.45, 7) is 11.3. The first kappa shape index (κ1) is 29.3. The van der Waals surface area contributed by atoms with E-state index < -0.39 is 0 Å². The molecule has 2 aromatic heterocycles. The fourth-order valence-corrected chi connectivity index (χ4v) is 6.97. The topological polar surface area (TPSA) is 34.2 Å². The van der Waals surface area contributed by atoms with Crippen LogP contribution in [0.4, 0.5) is 11.5 Å². The van der Waals surface area contributed by atoms with Gasteiger partial charge in [0.15, 0.2) is 11.0 Å². The van der Waals surface area contributed by atoms with Crippen molar-refractivity contribution in [3.8, 4) is 11.4 Å². The summed E-state index contributed by atoms with van der Waals surface area (Å²) in [5.41, 5.74) is 11.1. The number of ether oxygens (including phenoxy) is 1. The third kappa shape index (κ3) is 5.11. The Labute approximate surface area is 277 Å². The number of pyridine rings is 1. The first-order valence-corrected chi connectivity index (χ1v) is 16.8. The molecule has 0 saturated heterocycles. The molecule has 0 N–H and O–H groups in total. The summed E-state index contributed by atoms with van der Waals surface area (Å²) in [6.07, 6.45) is 15.2. The van der Waals surface area contributed by atoms with Crippen molar-refractivity contribution in [3.05, 3.63) is 150 Å². The van der Waals surface area contributed by atoms with Crippen molar-refractivity contribution in [3.63, 3.8) is 0 Å². The maximum absolute atomic E-state index is 6.63. The van der Waals surface area contributed by atoms with Gasteiger partial charge < -0.3 is 4.74 Å². The zero-order valence-electron chi connectivity index (χ0n) is 27.8. The van der Waals surface area contributed by atoms with E-state index in [1.807, 2.05) is 12.3 Å². The molecule has 0 spiro atoms. The van der Waals surface area contributed by atoms with E-state index in [1.165, 1.54) is 39.3 Å². The number of fused-ring (bicyclic) bond motifs is 4. The number of nitrogens with zero attached hydrogens (tertiary/aromatic N) is 4. The molecule has 8 rings (SSSR count). The van der Waals surface area contributed by atoms with Gasteiger partial charge in [0.25, 0.3) is 6.33 Å². The van der Waals surface area contributed by atoms with Crippen molar-refractivity contribution >= 4 is 28.2 Å². The van der Waals surface area contributed by atoms with Gasteiger partial charge in [-0.3, -0.25) is 4.90 Å². The SMILES string of the molecule is CCC(C)C1=CC([n+]2cn(-c3cccc(OC4=CC[C@H]5C(=C4)N(c4cc(C(C)(C)C)ccn4)c4ccccc45)c3)c3ccccc32)=C1. The largest absolute Gasteiger partial charge is 0.457 e. The Morgan fingerprint density at radius 1 is 0.936 bits per heavy atom. The van der Waals surface area contributed by atoms with Crippen molar-refractivity contribution in [2.24, 2.45) is 5.92 Å². The second-order valence-electron chi connectivity index (χ2n) is 14.0. The van der Waals surface area contributed by atoms with Gasteiger partial charge in [-0.2, -0.15) is 9.13 Å². The Kier molecular flexibility index (Phi) is 7.02. The van der Waals surface area contributed by atoms with Crippen LogP contribution >= 0.6 is 0 Å². The summed E-state index contributed by atoms with van der Waals surface area (Å²) < 4.78 is 11.2. The molecule has 0 fully saturated rings. The lowest BCUT2D eigenvalue weighted by molar-refractivity contribution is -0.551. The molecule has 2 atom stereocenters. The molecule has 0 amide bonds. The fraction of sp³-hybridized carbons (Fsp3) is 0.238. The minimum atomic E-state index is 0.0306. The third-order valence-corrected chi connectivity index (χ3v) is 9.91. The Morgan fingerprint density at radius 2 is 1.74 bits per heavy atom. The summed E-state index contributed by atoms with van der Waals surface area (Å²) in [6, 6.07) is 30.0. The molecule has 1 aliphatic heterocycles. The van der Waals surface area contributed by atoms with Crippen molar-refractivity contribution in [1.29, 1.82) is 0 Å². The molecule has 1 unspecified atom stereocenters. The number of rotatable bonds is 7. The van der Waals surface area contributed by atoms with E-state index >= 15 is 0 Å². The molecule has 3 aromatic carbocycles. The van der Waals surface area contributed by atoms with Gasteiger partial charge in [0, 0.05) is 30.0 Å². The van der Waals surface area contributed by atoms with Gasteiger partial charge in [-0.25, -0.2) is 4.98 Å². The van der Waals surface area contributed by atoms with Crippen LogP contribution in [0.15, 0.2) is 139 Å². The average Bonchev–Trinajstić information content (AvgIpc) is 3.60. The molecule has 0 bridgehead atoms. The fourth-order valence-electron chi connectivity index (χ4n) is 6.97. The molecule has 3 heterocycles. The van der Waals surface area contributed by atoms with E-state index in [0.717, 1.165) is 41.4 Å². The molecule has 3 aliphatic rings. The molecule has 5 aromatic rings. The molecule has 0 radical (unpaired) electrons. The first-order valence-electron chi connectivity index (χ1n) is 16.8. The lowest BCUT2D eigenvalue weighted by atomic mass is 9.87. The Bertz CT molecular complexity index is 2150. The minimum Gasteiger partial charge on any atom is -0.457 e. The van der Waals surface area contributed by atoms with Crippen LogP contribution in [-0.2, 0) is 5.41 Å². The molecule has 47 heavy (non-hydrogen) atoms. The molecule has 0 saturated carbocycles. The monoisotopic (exact) mass is 617 g/mol. The number of para-hydroxylation sites is 3. The Balaban J connectivity index is 1.11. The Hall–Kier alpha value is -5.16. The van der Waals surface area contributed by atoms with Crippen LogP contribution in [-0.4, -0.2) is 9.55 Å². The minimum absolute atomic E-state index is 0.0306. The van der Waals surface area contributed by atoms with E-state index in [9.17, 15) is 0 Å². The van der Waals surface area contributed by atoms with Gasteiger partial charge in [0.1, 0.15) is 28.7 Å². The standard InChI is InChI=1S/C42H41N4O/c1-6-28(2)29-22-32(23-29)45-27-44(38-16-9-10-17-39(38)45)31-12-11-13-33(25-31)47-34-18-19-36-35-14-7-8-15-37(35)46(40(36)26-34)41-24-30(20-21-43-41)42(3,4)5/h7-18,20-28,36H,6,19H2,1-5H3/q+1/t28?,36-/m1/s1. The van der Waals surface area contributed by atoms with Gasteiger partial charge in [-0.05, 0) is 102 Å². The smallest absolute Gasteiger partial charge is 0.255 e. The first-order chi connectivity index (χ1) is 22.8. The van der Waals surface area contributed by atoms with Crippen LogP contribution in [0.2, 0.25) is 0 Å². The van der Waals surface area contributed by atoms with Gasteiger partial charge in [0.2, 0.25) is 0 Å². The number of aromatic nitrogens is 3. The number of hydrogen-bond acceptors (Lipinski definition) is 3. The molecule has 5 heteroatoms. The average molecular weight is 618 g/mol. The van der Waals surface area contributed by atoms with E-state index in [0.29, 0.717) is 5.92 Å². The summed E-state index contributed by atoms with van der Waals surface area (Å²) >= 11 is 0. The number of anilines is 2. The van der Waals surface area contributed by atoms with Crippen molar-refractivity contribution < 1.29 is 9.30 Å². The highest BCUT2D eigenvalue weighted by molar-refractivity contribution is 5.79. The van der Waals surface area contributed by atoms with Crippen LogP contribution < -0.4 is 14.2 Å². The van der Waals surface area contributed by atoms with E-state index in [4.69, 9.17) is 9.72 Å². The number of allylic oxidation sites excluding steroid dienone is 7. The molecular weight excluding hydrogens is 576 g/mol. The van der Waals surface area contributed by atoms with Gasteiger partial charge in [-0.1, -0.05) is 71.0 Å². The second-order valence-corrected chi connectivity index (χ2v) is 14.0. The summed E-state index contributed by atoms with van der Waals surface area (Å²) in [4.78, 5) is 7.18. The normalized spacial score (nSPS) is 17.6. The van der Waals surface area contributed by atoms with Crippen LogP contribution in [0.5, 0.6) is 5.75 Å². The van der Waals surface area contributed by atoms with Crippen molar-refractivity contribution in [1.82, 2.24) is 9.55 Å². The summed E-state index contributed by atoms with van der Waals surface area (Å²) in [5.74, 6) is 3.46. The lowest BCUT2D eigenvalue weighted by Gasteiger charge is -2.27. The van der Waals surface area contributed by atoms with E-state index in [-0.39, 0.29) is 11.3 Å². The number of hydrogen-bond donors (Lipinski definition) is 0. The maximum Gasteiger partial charge on any atom is 0.255 e. The van der Waals surface area contributed by atoms with Crippen molar-refractivity contribution in [2.75, 3.05) is 4.90 Å². The molecule has 2 aliphatic carbocycles. The Morgan fingerprint density at radius 3 is 2.57 bits per heavy atom. The predicted octanol–water partition coefficient (Wildman–Crippen LogP) is 9.92. The van der Waals surface area contributed by atoms with Crippen LogP contribution in [0.1, 0.15) is 64.5 Å². The zero-order chi connectivity index (χ0) is 32.3. The van der Waals surface area contributed by atoms with Gasteiger partial charge in [0.05, 0.1) is 5.69 Å². The van der Waals surface area contributed by atoms with E-state index in [1.54, 1.807) is 0 Å². The molecule has 5 nitrogen and oxygen atoms in total. The quantitative estimate of drug-likeness (QED) is 0.171. The summed E-state index contributed by atoms with van der Waals surface area (Å²) in [7, 11) is 0. The zero-order valence-corrected chi connectivity index (χ0v) is 27.8. The van der Waals surface area contributed by atoms with E-state index in [2.05, 4.69) is 158 Å². The summed E-state index contributed by atoms with van der Waals surface area (Å²) in [5, 5.41) is 0. The second kappa shape index (κ2) is 11.3. The van der Waals surface area contributed by atoms with Gasteiger partial charge >= 0.3 is 0 Å². The highest BCUT2D eigenvalue weighted by Gasteiger charge is 2.37. The molecular formula is C42H41N4O+. The third-order valence-electron chi connectivity index (χ3n) is 9.91. The number of imidazole rings is 1. The highest BCUT2D eigenvalue weighted by atomic mass is 16.5. The van der Waals surface area contributed by atoms with Gasteiger partial charge in [-0.15, -0.1) is 0 Å². The molecule has 234 valence electrons. The van der Waals surface area contributed by atoms with Crippen LogP contribution in [0.25, 0.3) is 22.4 Å².